The van der Waals surface area contributed by atoms with Crippen LogP contribution in [0.4, 0.5) is 8.78 Å². The van der Waals surface area contributed by atoms with Crippen molar-refractivity contribution in [1.29, 1.82) is 0 Å². The standard InChI is InChI=1S/C39H42F2N2O4/c1-3-15-32(4-2)39(40,41)29-46-25-14-6-5-13-24-43(26-30-16-9-7-10-17-30)27-35(44)33-20-22-36(38-34(33)21-23-37(45)42-38)47-28-31-18-11-8-12-19-31/h3-4,7-12,15-23H,1-2,5-6,13-14,24-29H2,(H,42,45)/b32-15+. The molecule has 246 valence electrons. The fourth-order valence-corrected chi connectivity index (χ4v) is 5.31. The van der Waals surface area contributed by atoms with Crippen molar-refractivity contribution < 1.29 is 23.0 Å². The number of nitrogens with one attached hydrogen (secondary N) is 1. The Morgan fingerprint density at radius 1 is 0.872 bits per heavy atom. The number of H-pyrrole nitrogens is 1. The molecule has 4 rings (SSSR count). The summed E-state index contributed by atoms with van der Waals surface area (Å²) in [5, 5.41) is 0.630. The Morgan fingerprint density at radius 3 is 2.28 bits per heavy atom. The zero-order valence-electron chi connectivity index (χ0n) is 26.6. The number of ketones is 1. The molecule has 8 heteroatoms. The molecule has 0 saturated carbocycles. The summed E-state index contributed by atoms with van der Waals surface area (Å²) in [7, 11) is 0. The van der Waals surface area contributed by atoms with Gasteiger partial charge in [-0.25, -0.2) is 0 Å². The predicted octanol–water partition coefficient (Wildman–Crippen LogP) is 8.30. The number of benzene rings is 3. The van der Waals surface area contributed by atoms with Crippen LogP contribution < -0.4 is 10.3 Å². The number of carbonyl (C=O) groups excluding carboxylic acids is 1. The first-order valence-electron chi connectivity index (χ1n) is 15.8. The van der Waals surface area contributed by atoms with Crippen molar-refractivity contribution >= 4 is 16.7 Å². The lowest BCUT2D eigenvalue weighted by Gasteiger charge is -2.22. The van der Waals surface area contributed by atoms with E-state index in [1.54, 1.807) is 18.2 Å². The van der Waals surface area contributed by atoms with Crippen molar-refractivity contribution in [2.45, 2.75) is 44.8 Å². The number of alkyl halides is 2. The molecule has 0 unspecified atom stereocenters. The number of rotatable bonds is 20. The first-order valence-corrected chi connectivity index (χ1v) is 15.8. The molecule has 0 atom stereocenters. The Hall–Kier alpha value is -4.66. The van der Waals surface area contributed by atoms with Crippen molar-refractivity contribution in [3.05, 3.63) is 149 Å². The maximum atomic E-state index is 14.3. The smallest absolute Gasteiger partial charge is 0.296 e. The number of hydrogen-bond acceptors (Lipinski definition) is 5. The third kappa shape index (κ3) is 10.7. The quantitative estimate of drug-likeness (QED) is 0.0598. The van der Waals surface area contributed by atoms with Crippen LogP contribution in [0, 0.1) is 0 Å². The highest BCUT2D eigenvalue weighted by Crippen LogP contribution is 2.28. The molecule has 1 heterocycles. The molecule has 1 N–H and O–H groups in total. The van der Waals surface area contributed by atoms with Crippen LogP contribution in [-0.4, -0.2) is 47.9 Å². The molecule has 47 heavy (non-hydrogen) atoms. The Balaban J connectivity index is 1.36. The molecule has 0 bridgehead atoms. The molecule has 0 spiro atoms. The Bertz CT molecular complexity index is 1700. The summed E-state index contributed by atoms with van der Waals surface area (Å²) in [5.74, 6) is -2.68. The van der Waals surface area contributed by atoms with Gasteiger partial charge < -0.3 is 14.5 Å². The van der Waals surface area contributed by atoms with E-state index in [-0.39, 0.29) is 30.1 Å². The van der Waals surface area contributed by atoms with Crippen LogP contribution in [0.2, 0.25) is 0 Å². The average Bonchev–Trinajstić information content (AvgIpc) is 3.07. The van der Waals surface area contributed by atoms with Crippen LogP contribution in [0.1, 0.15) is 47.2 Å². The van der Waals surface area contributed by atoms with Gasteiger partial charge in [-0.05, 0) is 48.7 Å². The number of pyridine rings is 1. The summed E-state index contributed by atoms with van der Waals surface area (Å²) in [5.41, 5.74) is 2.60. The summed E-state index contributed by atoms with van der Waals surface area (Å²) in [4.78, 5) is 31.0. The molecule has 6 nitrogen and oxygen atoms in total. The van der Waals surface area contributed by atoms with E-state index in [2.05, 4.69) is 23.0 Å². The number of aromatic amines is 1. The Morgan fingerprint density at radius 2 is 1.57 bits per heavy atom. The van der Waals surface area contributed by atoms with E-state index in [9.17, 15) is 18.4 Å². The van der Waals surface area contributed by atoms with E-state index in [1.165, 1.54) is 18.2 Å². The van der Waals surface area contributed by atoms with E-state index in [0.29, 0.717) is 48.3 Å². The molecular weight excluding hydrogens is 598 g/mol. The molecule has 0 radical (unpaired) electrons. The number of unbranched alkanes of at least 4 members (excludes halogenated alkanes) is 3. The predicted molar refractivity (Wildman–Crippen MR) is 184 cm³/mol. The number of hydrogen-bond donors (Lipinski definition) is 1. The molecular formula is C39H42F2N2O4. The molecule has 0 fully saturated rings. The van der Waals surface area contributed by atoms with Gasteiger partial charge in [-0.2, -0.15) is 8.78 Å². The third-order valence-corrected chi connectivity index (χ3v) is 7.75. The molecule has 3 aromatic carbocycles. The minimum Gasteiger partial charge on any atom is -0.487 e. The Labute approximate surface area is 275 Å². The van der Waals surface area contributed by atoms with E-state index in [4.69, 9.17) is 9.47 Å². The summed E-state index contributed by atoms with van der Waals surface area (Å²) in [6.07, 6.45) is 6.84. The lowest BCUT2D eigenvalue weighted by atomic mass is 10.0. The second-order valence-corrected chi connectivity index (χ2v) is 11.3. The maximum absolute atomic E-state index is 14.3. The highest BCUT2D eigenvalue weighted by atomic mass is 19.3. The summed E-state index contributed by atoms with van der Waals surface area (Å²) in [6, 6.07) is 26.3. The van der Waals surface area contributed by atoms with Crippen LogP contribution in [0.15, 0.2) is 127 Å². The molecule has 4 aromatic rings. The molecule has 1 aromatic heterocycles. The number of carbonyl (C=O) groups is 1. The third-order valence-electron chi connectivity index (χ3n) is 7.75. The van der Waals surface area contributed by atoms with Gasteiger partial charge >= 0.3 is 0 Å². The van der Waals surface area contributed by atoms with Gasteiger partial charge in [0, 0.05) is 35.7 Å². The van der Waals surface area contributed by atoms with Gasteiger partial charge in [-0.1, -0.05) is 105 Å². The lowest BCUT2D eigenvalue weighted by Crippen LogP contribution is -2.30. The van der Waals surface area contributed by atoms with Crippen LogP contribution >= 0.6 is 0 Å². The second-order valence-electron chi connectivity index (χ2n) is 11.3. The van der Waals surface area contributed by atoms with Gasteiger partial charge in [0.15, 0.2) is 5.78 Å². The van der Waals surface area contributed by atoms with Crippen molar-refractivity contribution in [3.8, 4) is 5.75 Å². The SMILES string of the molecule is C=C/C=C(\C=C)C(F)(F)COCCCCCCN(CC(=O)c1ccc(OCc2ccccc2)c2[nH]c(=O)ccc12)Cc1ccccc1. The number of nitrogens with zero attached hydrogens (tertiary/aromatic N) is 1. The minimum absolute atomic E-state index is 0.0636. The highest BCUT2D eigenvalue weighted by molar-refractivity contribution is 6.09. The van der Waals surface area contributed by atoms with Gasteiger partial charge in [0.1, 0.15) is 19.0 Å². The van der Waals surface area contributed by atoms with E-state index in [1.807, 2.05) is 60.7 Å². The van der Waals surface area contributed by atoms with Gasteiger partial charge in [0.05, 0.1) is 12.1 Å². The van der Waals surface area contributed by atoms with Gasteiger partial charge in [-0.15, -0.1) is 0 Å². The number of fused-ring (bicyclic) bond motifs is 1. The Kier molecular flexibility index (Phi) is 13.4. The van der Waals surface area contributed by atoms with Crippen LogP contribution in [-0.2, 0) is 17.9 Å². The molecule has 0 aliphatic carbocycles. The average molecular weight is 641 g/mol. The molecule has 0 aliphatic heterocycles. The minimum atomic E-state index is -3.11. The van der Waals surface area contributed by atoms with Crippen molar-refractivity contribution in [2.24, 2.45) is 0 Å². The van der Waals surface area contributed by atoms with Crippen molar-refractivity contribution in [3.63, 3.8) is 0 Å². The summed E-state index contributed by atoms with van der Waals surface area (Å²) >= 11 is 0. The van der Waals surface area contributed by atoms with Gasteiger partial charge in [0.25, 0.3) is 5.92 Å². The van der Waals surface area contributed by atoms with Crippen LogP contribution in [0.5, 0.6) is 5.75 Å². The van der Waals surface area contributed by atoms with Crippen LogP contribution in [0.25, 0.3) is 10.9 Å². The van der Waals surface area contributed by atoms with Crippen LogP contribution in [0.3, 0.4) is 0 Å². The van der Waals surface area contributed by atoms with Gasteiger partial charge in [0.2, 0.25) is 5.56 Å². The van der Waals surface area contributed by atoms with Gasteiger partial charge in [-0.3, -0.25) is 14.5 Å². The van der Waals surface area contributed by atoms with Crippen molar-refractivity contribution in [2.75, 3.05) is 26.3 Å². The van der Waals surface area contributed by atoms with E-state index in [0.717, 1.165) is 36.5 Å². The topological polar surface area (TPSA) is 71.6 Å². The zero-order chi connectivity index (χ0) is 33.5. The number of allylic oxidation sites excluding steroid dienone is 3. The monoisotopic (exact) mass is 640 g/mol. The molecule has 0 saturated heterocycles. The first kappa shape index (κ1) is 35.2. The molecule has 0 amide bonds. The van der Waals surface area contributed by atoms with E-state index < -0.39 is 12.5 Å². The number of ether oxygens (including phenoxy) is 2. The first-order chi connectivity index (χ1) is 22.8. The van der Waals surface area contributed by atoms with Crippen molar-refractivity contribution in [1.82, 2.24) is 9.88 Å². The zero-order valence-corrected chi connectivity index (χ0v) is 26.6. The largest absolute Gasteiger partial charge is 0.487 e. The number of halogens is 2. The fraction of sp³-hybridized carbons (Fsp3) is 0.282. The maximum Gasteiger partial charge on any atom is 0.296 e. The fourth-order valence-electron chi connectivity index (χ4n) is 5.31. The lowest BCUT2D eigenvalue weighted by molar-refractivity contribution is -0.0468. The summed E-state index contributed by atoms with van der Waals surface area (Å²) in [6.45, 7) is 8.24. The second kappa shape index (κ2) is 17.9. The normalized spacial score (nSPS) is 11.9. The van der Waals surface area contributed by atoms with E-state index >= 15 is 0 Å². The number of Topliss-reactive ketones (excluding diaryl/α,β-unsaturated/α-hetero) is 1. The molecule has 0 aliphatic rings. The summed E-state index contributed by atoms with van der Waals surface area (Å²) < 4.78 is 39.8. The highest BCUT2D eigenvalue weighted by Gasteiger charge is 2.32. The number of aromatic nitrogens is 1.